The number of anilines is 2. The predicted molar refractivity (Wildman–Crippen MR) is 111 cm³/mol. The first kappa shape index (κ1) is 19.0. The number of rotatable bonds is 5. The third kappa shape index (κ3) is 4.41. The number of hydrogen-bond donors (Lipinski definition) is 2. The molecule has 0 spiro atoms. The summed E-state index contributed by atoms with van der Waals surface area (Å²) in [5.74, 6) is -0.944. The molecule has 0 saturated carbocycles. The monoisotopic (exact) mass is 393 g/mol. The largest absolute Gasteiger partial charge is 0.448 e. The first-order valence-electron chi connectivity index (χ1n) is 9.62. The average molecular weight is 393 g/mol. The van der Waals surface area contributed by atoms with E-state index in [4.69, 9.17) is 9.47 Å². The molecule has 2 N–H and O–H groups in total. The highest BCUT2D eigenvalue weighted by Gasteiger charge is 2.20. The van der Waals surface area contributed by atoms with Crippen LogP contribution < -0.4 is 10.2 Å². The van der Waals surface area contributed by atoms with Gasteiger partial charge in [0.2, 0.25) is 0 Å². The normalized spacial score (nSPS) is 15.1. The Bertz CT molecular complexity index is 973. The first-order valence-corrected chi connectivity index (χ1v) is 9.62. The summed E-state index contributed by atoms with van der Waals surface area (Å²) in [5.41, 5.74) is 2.91. The van der Waals surface area contributed by atoms with Gasteiger partial charge in [0.25, 0.3) is 5.91 Å². The Kier molecular flexibility index (Phi) is 5.48. The number of esters is 1. The van der Waals surface area contributed by atoms with Gasteiger partial charge in [0, 0.05) is 35.4 Å². The van der Waals surface area contributed by atoms with E-state index in [-0.39, 0.29) is 5.91 Å². The van der Waals surface area contributed by atoms with Gasteiger partial charge >= 0.3 is 5.97 Å². The summed E-state index contributed by atoms with van der Waals surface area (Å²) in [6, 6.07) is 16.9. The van der Waals surface area contributed by atoms with Crippen molar-refractivity contribution in [3.8, 4) is 0 Å². The van der Waals surface area contributed by atoms with Crippen LogP contribution in [-0.4, -0.2) is 49.3 Å². The molecule has 0 aliphatic carbocycles. The highest BCUT2D eigenvalue weighted by Crippen LogP contribution is 2.20. The smallest absolute Gasteiger partial charge is 0.355 e. The average Bonchev–Trinajstić information content (AvgIpc) is 3.19. The molecule has 4 rings (SSSR count). The van der Waals surface area contributed by atoms with Gasteiger partial charge in [0.15, 0.2) is 6.10 Å². The van der Waals surface area contributed by atoms with E-state index in [1.807, 2.05) is 48.5 Å². The van der Waals surface area contributed by atoms with Crippen LogP contribution in [-0.2, 0) is 14.3 Å². The Hall–Kier alpha value is -3.32. The molecular formula is C22H23N3O4. The molecule has 0 bridgehead atoms. The Labute approximate surface area is 168 Å². The number of aromatic nitrogens is 1. The van der Waals surface area contributed by atoms with E-state index in [1.54, 1.807) is 13.0 Å². The number of morpholine rings is 1. The minimum absolute atomic E-state index is 0.320. The second-order valence-electron chi connectivity index (χ2n) is 6.95. The fourth-order valence-electron chi connectivity index (χ4n) is 3.28. The molecule has 7 nitrogen and oxygen atoms in total. The highest BCUT2D eigenvalue weighted by atomic mass is 16.5. The summed E-state index contributed by atoms with van der Waals surface area (Å²) in [6.07, 6.45) is -0.923. The standard InChI is InChI=1S/C22H23N3O4/c1-15(29-22(27)20-14-16-4-2-3-5-19(16)24-20)21(26)23-17-6-8-18(9-7-17)25-10-12-28-13-11-25/h2-9,14-15,24H,10-13H2,1H3,(H,23,26). The van der Waals surface area contributed by atoms with Crippen LogP contribution in [0.1, 0.15) is 17.4 Å². The van der Waals surface area contributed by atoms with Gasteiger partial charge in [-0.15, -0.1) is 0 Å². The number of nitrogens with zero attached hydrogens (tertiary/aromatic N) is 1. The number of H-pyrrole nitrogens is 1. The lowest BCUT2D eigenvalue weighted by Gasteiger charge is -2.28. The minimum Gasteiger partial charge on any atom is -0.448 e. The Morgan fingerprint density at radius 2 is 1.83 bits per heavy atom. The molecule has 2 aromatic carbocycles. The van der Waals surface area contributed by atoms with E-state index in [0.717, 1.165) is 42.9 Å². The number of carbonyl (C=O) groups excluding carboxylic acids is 2. The third-order valence-corrected chi connectivity index (χ3v) is 4.91. The number of hydrogen-bond acceptors (Lipinski definition) is 5. The van der Waals surface area contributed by atoms with Crippen LogP contribution in [0.4, 0.5) is 11.4 Å². The van der Waals surface area contributed by atoms with Crippen molar-refractivity contribution >= 4 is 34.2 Å². The van der Waals surface area contributed by atoms with Crippen molar-refractivity contribution in [1.82, 2.24) is 4.98 Å². The summed E-state index contributed by atoms with van der Waals surface area (Å²) in [5, 5.41) is 3.70. The van der Waals surface area contributed by atoms with Gasteiger partial charge < -0.3 is 24.7 Å². The molecule has 1 aromatic heterocycles. The molecule has 0 radical (unpaired) electrons. The molecule has 1 fully saturated rings. The third-order valence-electron chi connectivity index (χ3n) is 4.91. The number of ether oxygens (including phenoxy) is 2. The van der Waals surface area contributed by atoms with Crippen LogP contribution >= 0.6 is 0 Å². The molecule has 1 aliphatic rings. The van der Waals surface area contributed by atoms with E-state index in [2.05, 4.69) is 15.2 Å². The maximum Gasteiger partial charge on any atom is 0.355 e. The fourth-order valence-corrected chi connectivity index (χ4v) is 3.28. The van der Waals surface area contributed by atoms with E-state index in [1.165, 1.54) is 0 Å². The number of benzene rings is 2. The molecule has 1 saturated heterocycles. The second kappa shape index (κ2) is 8.36. The van der Waals surface area contributed by atoms with Gasteiger partial charge in [0.05, 0.1) is 13.2 Å². The van der Waals surface area contributed by atoms with Crippen LogP contribution in [0.3, 0.4) is 0 Å². The zero-order valence-electron chi connectivity index (χ0n) is 16.2. The highest BCUT2D eigenvalue weighted by molar-refractivity contribution is 5.98. The molecule has 7 heteroatoms. The predicted octanol–water partition coefficient (Wildman–Crippen LogP) is 3.19. The molecule has 1 atom stereocenters. The molecule has 2 heterocycles. The maximum absolute atomic E-state index is 12.4. The Morgan fingerprint density at radius 1 is 1.10 bits per heavy atom. The van der Waals surface area contributed by atoms with Gasteiger partial charge in [-0.1, -0.05) is 18.2 Å². The lowest BCUT2D eigenvalue weighted by molar-refractivity contribution is -0.123. The lowest BCUT2D eigenvalue weighted by Crippen LogP contribution is -2.36. The van der Waals surface area contributed by atoms with Crippen molar-refractivity contribution in [1.29, 1.82) is 0 Å². The lowest BCUT2D eigenvalue weighted by atomic mass is 10.2. The summed E-state index contributed by atoms with van der Waals surface area (Å²) in [6.45, 7) is 4.70. The van der Waals surface area contributed by atoms with Crippen LogP contribution in [0.25, 0.3) is 10.9 Å². The number of fused-ring (bicyclic) bond motifs is 1. The molecule has 1 unspecified atom stereocenters. The molecule has 1 aliphatic heterocycles. The molecular weight excluding hydrogens is 370 g/mol. The fraction of sp³-hybridized carbons (Fsp3) is 0.273. The quantitative estimate of drug-likeness (QED) is 0.651. The SMILES string of the molecule is CC(OC(=O)c1cc2ccccc2[nH]1)C(=O)Nc1ccc(N2CCOCC2)cc1. The summed E-state index contributed by atoms with van der Waals surface area (Å²) in [7, 11) is 0. The number of para-hydroxylation sites is 1. The summed E-state index contributed by atoms with van der Waals surface area (Å²) < 4.78 is 10.7. The van der Waals surface area contributed by atoms with Crippen molar-refractivity contribution in [2.45, 2.75) is 13.0 Å². The summed E-state index contributed by atoms with van der Waals surface area (Å²) >= 11 is 0. The van der Waals surface area contributed by atoms with E-state index < -0.39 is 12.1 Å². The van der Waals surface area contributed by atoms with Crippen molar-refractivity contribution < 1.29 is 19.1 Å². The van der Waals surface area contributed by atoms with Gasteiger partial charge in [-0.2, -0.15) is 0 Å². The van der Waals surface area contributed by atoms with E-state index in [0.29, 0.717) is 11.4 Å². The topological polar surface area (TPSA) is 83.7 Å². The zero-order chi connectivity index (χ0) is 20.2. The van der Waals surface area contributed by atoms with Crippen molar-refractivity contribution in [2.24, 2.45) is 0 Å². The number of amides is 1. The zero-order valence-corrected chi connectivity index (χ0v) is 16.2. The molecule has 29 heavy (non-hydrogen) atoms. The number of carbonyl (C=O) groups is 2. The van der Waals surface area contributed by atoms with Crippen molar-refractivity contribution in [3.63, 3.8) is 0 Å². The summed E-state index contributed by atoms with van der Waals surface area (Å²) in [4.78, 5) is 30.0. The Balaban J connectivity index is 1.34. The van der Waals surface area contributed by atoms with Crippen molar-refractivity contribution in [3.05, 3.63) is 60.3 Å². The second-order valence-corrected chi connectivity index (χ2v) is 6.95. The minimum atomic E-state index is -0.923. The van der Waals surface area contributed by atoms with Crippen LogP contribution in [0, 0.1) is 0 Å². The molecule has 1 amide bonds. The van der Waals surface area contributed by atoms with Crippen LogP contribution in [0.2, 0.25) is 0 Å². The van der Waals surface area contributed by atoms with Crippen LogP contribution in [0.15, 0.2) is 54.6 Å². The number of aromatic amines is 1. The van der Waals surface area contributed by atoms with E-state index >= 15 is 0 Å². The first-order chi connectivity index (χ1) is 14.1. The Morgan fingerprint density at radius 3 is 2.55 bits per heavy atom. The van der Waals surface area contributed by atoms with Gasteiger partial charge in [-0.25, -0.2) is 4.79 Å². The molecule has 3 aromatic rings. The van der Waals surface area contributed by atoms with Gasteiger partial charge in [-0.3, -0.25) is 4.79 Å². The molecule has 150 valence electrons. The number of nitrogens with one attached hydrogen (secondary N) is 2. The maximum atomic E-state index is 12.4. The van der Waals surface area contributed by atoms with Gasteiger partial charge in [-0.05, 0) is 43.3 Å². The van der Waals surface area contributed by atoms with Crippen LogP contribution in [0.5, 0.6) is 0 Å². The van der Waals surface area contributed by atoms with E-state index in [9.17, 15) is 9.59 Å². The van der Waals surface area contributed by atoms with Crippen molar-refractivity contribution in [2.75, 3.05) is 36.5 Å². The van der Waals surface area contributed by atoms with Gasteiger partial charge in [0.1, 0.15) is 5.69 Å².